The molecule has 1 amide bonds. The summed E-state index contributed by atoms with van der Waals surface area (Å²) in [4.78, 5) is 16.0. The van der Waals surface area contributed by atoms with E-state index in [4.69, 9.17) is 5.26 Å². The number of rotatable bonds is 2. The quantitative estimate of drug-likeness (QED) is 0.720. The molecule has 4 heteroatoms. The van der Waals surface area contributed by atoms with Crippen LogP contribution >= 0.6 is 0 Å². The molecule has 0 aromatic heterocycles. The number of likely N-dealkylation sites (tertiary alicyclic amines) is 2. The Hall–Kier alpha value is -1.08. The standard InChI is InChI=1S/C13H21N3O/c1-13(3-5-15(2)6-4-13)10-16-9-11(8-14)7-12(16)17/h11H,3-7,9-10H2,1-2H3. The monoisotopic (exact) mass is 235 g/mol. The second kappa shape index (κ2) is 4.66. The Kier molecular flexibility index (Phi) is 3.39. The van der Waals surface area contributed by atoms with Crippen molar-refractivity contribution in [3.05, 3.63) is 0 Å². The van der Waals surface area contributed by atoms with Crippen LogP contribution in [0.4, 0.5) is 0 Å². The highest BCUT2D eigenvalue weighted by Crippen LogP contribution is 2.33. The Morgan fingerprint density at radius 3 is 2.65 bits per heavy atom. The van der Waals surface area contributed by atoms with Gasteiger partial charge in [0, 0.05) is 19.5 Å². The van der Waals surface area contributed by atoms with E-state index in [1.165, 1.54) is 0 Å². The fourth-order valence-corrected chi connectivity index (χ4v) is 2.79. The van der Waals surface area contributed by atoms with Crippen LogP contribution < -0.4 is 0 Å². The molecule has 0 aliphatic carbocycles. The molecule has 2 saturated heterocycles. The smallest absolute Gasteiger partial charge is 0.224 e. The Labute approximate surface area is 103 Å². The molecule has 1 unspecified atom stereocenters. The van der Waals surface area contributed by atoms with Crippen LogP contribution in [0.15, 0.2) is 0 Å². The minimum absolute atomic E-state index is 0.0858. The van der Waals surface area contributed by atoms with Gasteiger partial charge in [-0.05, 0) is 38.4 Å². The van der Waals surface area contributed by atoms with Gasteiger partial charge in [-0.2, -0.15) is 5.26 Å². The third-order valence-electron chi connectivity index (χ3n) is 4.16. The van der Waals surface area contributed by atoms with Crippen LogP contribution in [0.3, 0.4) is 0 Å². The summed E-state index contributed by atoms with van der Waals surface area (Å²) in [6, 6.07) is 2.21. The van der Waals surface area contributed by atoms with E-state index < -0.39 is 0 Å². The van der Waals surface area contributed by atoms with Crippen LogP contribution in [0.2, 0.25) is 0 Å². The van der Waals surface area contributed by atoms with Crippen molar-refractivity contribution < 1.29 is 4.79 Å². The topological polar surface area (TPSA) is 47.3 Å². The summed E-state index contributed by atoms with van der Waals surface area (Å²) >= 11 is 0. The molecular weight excluding hydrogens is 214 g/mol. The van der Waals surface area contributed by atoms with Crippen LogP contribution in [0, 0.1) is 22.7 Å². The first kappa shape index (κ1) is 12.4. The largest absolute Gasteiger partial charge is 0.341 e. The number of nitrogens with zero attached hydrogens (tertiary/aromatic N) is 3. The molecule has 2 heterocycles. The SMILES string of the molecule is CN1CCC(C)(CN2CC(C#N)CC2=O)CC1. The molecule has 17 heavy (non-hydrogen) atoms. The number of nitriles is 1. The second-order valence-electron chi connectivity index (χ2n) is 5.92. The zero-order chi connectivity index (χ0) is 12.5. The molecule has 2 fully saturated rings. The van der Waals surface area contributed by atoms with Gasteiger partial charge in [-0.3, -0.25) is 4.79 Å². The van der Waals surface area contributed by atoms with Gasteiger partial charge in [-0.15, -0.1) is 0 Å². The lowest BCUT2D eigenvalue weighted by Crippen LogP contribution is -2.44. The summed E-state index contributed by atoms with van der Waals surface area (Å²) in [5, 5.41) is 8.87. The lowest BCUT2D eigenvalue weighted by molar-refractivity contribution is -0.129. The van der Waals surface area contributed by atoms with E-state index in [1.54, 1.807) is 0 Å². The van der Waals surface area contributed by atoms with Gasteiger partial charge in [0.05, 0.1) is 12.0 Å². The van der Waals surface area contributed by atoms with Gasteiger partial charge in [0.25, 0.3) is 0 Å². The highest BCUT2D eigenvalue weighted by Gasteiger charge is 2.36. The summed E-state index contributed by atoms with van der Waals surface area (Å²) < 4.78 is 0. The van der Waals surface area contributed by atoms with Crippen LogP contribution in [0.1, 0.15) is 26.2 Å². The molecule has 0 aromatic rings. The van der Waals surface area contributed by atoms with Gasteiger partial charge in [-0.25, -0.2) is 0 Å². The van der Waals surface area contributed by atoms with Crippen LogP contribution in [0.5, 0.6) is 0 Å². The van der Waals surface area contributed by atoms with Crippen LogP contribution in [-0.4, -0.2) is 48.9 Å². The molecule has 2 rings (SSSR count). The van der Waals surface area contributed by atoms with Crippen LogP contribution in [-0.2, 0) is 4.79 Å². The summed E-state index contributed by atoms with van der Waals surface area (Å²) in [5.74, 6) is 0.0778. The maximum Gasteiger partial charge on any atom is 0.224 e. The van der Waals surface area contributed by atoms with Crippen molar-refractivity contribution in [1.29, 1.82) is 5.26 Å². The number of carbonyl (C=O) groups is 1. The van der Waals surface area contributed by atoms with Crippen molar-refractivity contribution in [3.63, 3.8) is 0 Å². The lowest BCUT2D eigenvalue weighted by atomic mass is 9.80. The summed E-state index contributed by atoms with van der Waals surface area (Å²) in [6.07, 6.45) is 2.71. The van der Waals surface area contributed by atoms with Crippen molar-refractivity contribution in [3.8, 4) is 6.07 Å². The van der Waals surface area contributed by atoms with E-state index in [1.807, 2.05) is 4.90 Å². The number of hydrogen-bond donors (Lipinski definition) is 0. The molecule has 2 aliphatic rings. The normalized spacial score (nSPS) is 29.4. The average Bonchev–Trinajstić information content (AvgIpc) is 2.64. The molecule has 4 nitrogen and oxygen atoms in total. The molecular formula is C13H21N3O. The second-order valence-corrected chi connectivity index (χ2v) is 5.92. The van der Waals surface area contributed by atoms with E-state index in [0.29, 0.717) is 13.0 Å². The number of hydrogen-bond acceptors (Lipinski definition) is 3. The van der Waals surface area contributed by atoms with Gasteiger partial charge in [-0.1, -0.05) is 6.92 Å². The minimum atomic E-state index is -0.0858. The molecule has 94 valence electrons. The molecule has 1 atom stereocenters. The summed E-state index contributed by atoms with van der Waals surface area (Å²) in [5.41, 5.74) is 0.243. The number of carbonyl (C=O) groups excluding carboxylic acids is 1. The molecule has 2 aliphatic heterocycles. The Bertz CT molecular complexity index is 339. The molecule has 0 bridgehead atoms. The molecule has 0 N–H and O–H groups in total. The van der Waals surface area contributed by atoms with E-state index in [0.717, 1.165) is 32.5 Å². The van der Waals surface area contributed by atoms with Gasteiger partial charge in [0.15, 0.2) is 0 Å². The van der Waals surface area contributed by atoms with Crippen molar-refractivity contribution in [2.45, 2.75) is 26.2 Å². The van der Waals surface area contributed by atoms with Crippen molar-refractivity contribution in [2.24, 2.45) is 11.3 Å². The minimum Gasteiger partial charge on any atom is -0.341 e. The highest BCUT2D eigenvalue weighted by atomic mass is 16.2. The first-order valence-electron chi connectivity index (χ1n) is 6.38. The van der Waals surface area contributed by atoms with Crippen LogP contribution in [0.25, 0.3) is 0 Å². The predicted molar refractivity (Wildman–Crippen MR) is 65.1 cm³/mol. The van der Waals surface area contributed by atoms with Gasteiger partial charge >= 0.3 is 0 Å². The third-order valence-corrected chi connectivity index (χ3v) is 4.16. The highest BCUT2D eigenvalue weighted by molar-refractivity contribution is 5.79. The number of amides is 1. The number of piperidine rings is 1. The van der Waals surface area contributed by atoms with E-state index >= 15 is 0 Å². The van der Waals surface area contributed by atoms with E-state index in [2.05, 4.69) is 24.9 Å². The fourth-order valence-electron chi connectivity index (χ4n) is 2.79. The Balaban J connectivity index is 1.93. The van der Waals surface area contributed by atoms with Gasteiger partial charge in [0.1, 0.15) is 0 Å². The zero-order valence-corrected chi connectivity index (χ0v) is 10.8. The first-order valence-corrected chi connectivity index (χ1v) is 6.38. The molecule has 0 radical (unpaired) electrons. The fraction of sp³-hybridized carbons (Fsp3) is 0.846. The van der Waals surface area contributed by atoms with E-state index in [-0.39, 0.29) is 17.2 Å². The zero-order valence-electron chi connectivity index (χ0n) is 10.8. The lowest BCUT2D eigenvalue weighted by Gasteiger charge is -2.40. The molecule has 0 saturated carbocycles. The molecule has 0 aromatic carbocycles. The summed E-state index contributed by atoms with van der Waals surface area (Å²) in [6.45, 7) is 5.96. The van der Waals surface area contributed by atoms with E-state index in [9.17, 15) is 4.79 Å². The van der Waals surface area contributed by atoms with Crippen molar-refractivity contribution in [2.75, 3.05) is 33.2 Å². The predicted octanol–water partition coefficient (Wildman–Crippen LogP) is 1.09. The average molecular weight is 235 g/mol. The Morgan fingerprint density at radius 2 is 2.12 bits per heavy atom. The van der Waals surface area contributed by atoms with Crippen molar-refractivity contribution >= 4 is 5.91 Å². The van der Waals surface area contributed by atoms with Gasteiger partial charge in [0.2, 0.25) is 5.91 Å². The molecule has 0 spiro atoms. The summed E-state index contributed by atoms with van der Waals surface area (Å²) in [7, 11) is 2.15. The van der Waals surface area contributed by atoms with Gasteiger partial charge < -0.3 is 9.80 Å². The van der Waals surface area contributed by atoms with Crippen molar-refractivity contribution in [1.82, 2.24) is 9.80 Å². The third kappa shape index (κ3) is 2.78. The maximum absolute atomic E-state index is 11.8. The Morgan fingerprint density at radius 1 is 1.47 bits per heavy atom. The first-order chi connectivity index (χ1) is 8.02. The maximum atomic E-state index is 11.8.